The summed E-state index contributed by atoms with van der Waals surface area (Å²) in [5.74, 6) is 2.85. The van der Waals surface area contributed by atoms with Crippen LogP contribution in [0, 0.1) is 23.7 Å². The van der Waals surface area contributed by atoms with Crippen LogP contribution in [0.3, 0.4) is 0 Å². The van der Waals surface area contributed by atoms with Gasteiger partial charge in [0.05, 0.1) is 0 Å². The third-order valence-electron chi connectivity index (χ3n) is 4.96. The van der Waals surface area contributed by atoms with Gasteiger partial charge in [-0.3, -0.25) is 4.79 Å². The van der Waals surface area contributed by atoms with Crippen molar-refractivity contribution in [2.45, 2.75) is 48.2 Å². The fourth-order valence-electron chi connectivity index (χ4n) is 4.24. The second-order valence-corrected chi connectivity index (χ2v) is 8.35. The Bertz CT molecular complexity index is 276. The molecule has 0 aromatic rings. The topological polar surface area (TPSA) is 17.1 Å². The van der Waals surface area contributed by atoms with Crippen LogP contribution in [0.1, 0.15) is 38.5 Å². The van der Waals surface area contributed by atoms with Gasteiger partial charge in [-0.25, -0.2) is 0 Å². The molecule has 6 unspecified atom stereocenters. The maximum absolute atomic E-state index is 12.4. The SMILES string of the molecule is O=C1C2CC(Br)CCC2C2CCC(Br)CC12. The largest absolute Gasteiger partial charge is 0.299 e. The fraction of sp³-hybridized carbons (Fsp3) is 0.923. The van der Waals surface area contributed by atoms with Gasteiger partial charge < -0.3 is 0 Å². The molecule has 0 heterocycles. The summed E-state index contributed by atoms with van der Waals surface area (Å²) in [5, 5.41) is 0. The van der Waals surface area contributed by atoms with Gasteiger partial charge in [0, 0.05) is 21.5 Å². The Labute approximate surface area is 114 Å². The molecule has 90 valence electrons. The van der Waals surface area contributed by atoms with Crippen LogP contribution in [0.5, 0.6) is 0 Å². The van der Waals surface area contributed by atoms with Crippen molar-refractivity contribution in [2.24, 2.45) is 23.7 Å². The maximum atomic E-state index is 12.4. The van der Waals surface area contributed by atoms with E-state index in [1.807, 2.05) is 0 Å². The molecule has 0 aromatic heterocycles. The average Bonchev–Trinajstić information content (AvgIpc) is 2.53. The first-order valence-corrected chi connectivity index (χ1v) is 8.32. The highest BCUT2D eigenvalue weighted by Gasteiger charge is 2.52. The van der Waals surface area contributed by atoms with E-state index in [4.69, 9.17) is 0 Å². The van der Waals surface area contributed by atoms with Crippen molar-refractivity contribution in [2.75, 3.05) is 0 Å². The number of hydrogen-bond acceptors (Lipinski definition) is 1. The molecule has 3 rings (SSSR count). The second kappa shape index (κ2) is 4.38. The number of fused-ring (bicyclic) bond motifs is 3. The monoisotopic (exact) mass is 348 g/mol. The molecule has 3 fully saturated rings. The number of carbonyl (C=O) groups excluding carboxylic acids is 1. The molecule has 16 heavy (non-hydrogen) atoms. The summed E-state index contributed by atoms with van der Waals surface area (Å²) in [6, 6.07) is 0. The number of hydrogen-bond donors (Lipinski definition) is 0. The maximum Gasteiger partial charge on any atom is 0.139 e. The summed E-state index contributed by atoms with van der Waals surface area (Å²) < 4.78 is 0. The zero-order valence-corrected chi connectivity index (χ0v) is 12.5. The Hall–Kier alpha value is 0.630. The van der Waals surface area contributed by atoms with Crippen LogP contribution in [-0.2, 0) is 4.79 Å². The lowest BCUT2D eigenvalue weighted by atomic mass is 9.73. The van der Waals surface area contributed by atoms with Gasteiger partial charge in [-0.05, 0) is 50.4 Å². The molecule has 1 nitrogen and oxygen atoms in total. The van der Waals surface area contributed by atoms with E-state index in [0.29, 0.717) is 27.3 Å². The molecule has 0 amide bonds. The molecule has 0 aromatic carbocycles. The van der Waals surface area contributed by atoms with E-state index in [1.54, 1.807) is 0 Å². The van der Waals surface area contributed by atoms with E-state index in [0.717, 1.165) is 24.7 Å². The zero-order chi connectivity index (χ0) is 11.3. The third kappa shape index (κ3) is 1.82. The number of rotatable bonds is 0. The predicted molar refractivity (Wildman–Crippen MR) is 72.1 cm³/mol. The lowest BCUT2D eigenvalue weighted by Gasteiger charge is -2.34. The van der Waals surface area contributed by atoms with Gasteiger partial charge in [0.2, 0.25) is 0 Å². The molecule has 0 radical (unpaired) electrons. The number of ketones is 1. The van der Waals surface area contributed by atoms with Crippen LogP contribution >= 0.6 is 31.9 Å². The molecule has 0 bridgehead atoms. The molecule has 0 saturated heterocycles. The van der Waals surface area contributed by atoms with E-state index in [1.165, 1.54) is 25.7 Å². The molecule has 0 spiro atoms. The Balaban J connectivity index is 1.82. The smallest absolute Gasteiger partial charge is 0.139 e. The van der Waals surface area contributed by atoms with Gasteiger partial charge in [-0.2, -0.15) is 0 Å². The van der Waals surface area contributed by atoms with Crippen LogP contribution in [0.2, 0.25) is 0 Å². The van der Waals surface area contributed by atoms with Crippen LogP contribution in [0.15, 0.2) is 0 Å². The summed E-state index contributed by atoms with van der Waals surface area (Å²) in [7, 11) is 0. The number of halogens is 2. The lowest BCUT2D eigenvalue weighted by molar-refractivity contribution is -0.125. The molecular formula is C13H18Br2O. The molecule has 3 saturated carbocycles. The fourth-order valence-corrected chi connectivity index (χ4v) is 5.57. The van der Waals surface area contributed by atoms with Crippen molar-refractivity contribution in [3.63, 3.8) is 0 Å². The summed E-state index contributed by atoms with van der Waals surface area (Å²) in [5.41, 5.74) is 0. The summed E-state index contributed by atoms with van der Waals surface area (Å²) in [6.45, 7) is 0. The van der Waals surface area contributed by atoms with Crippen molar-refractivity contribution in [3.8, 4) is 0 Å². The molecule has 3 aliphatic rings. The van der Waals surface area contributed by atoms with Crippen molar-refractivity contribution < 1.29 is 4.79 Å². The standard InChI is InChI=1S/C13H18Br2O/c14-7-1-3-9-10-4-2-8(15)6-12(10)13(16)11(9)5-7/h7-12H,1-6H2. The molecule has 0 aliphatic heterocycles. The van der Waals surface area contributed by atoms with Gasteiger partial charge in [0.25, 0.3) is 0 Å². The Morgan fingerprint density at radius 2 is 1.25 bits per heavy atom. The Kier molecular flexibility index (Phi) is 3.21. The van der Waals surface area contributed by atoms with Gasteiger partial charge in [-0.1, -0.05) is 31.9 Å². The van der Waals surface area contributed by atoms with E-state index >= 15 is 0 Å². The van der Waals surface area contributed by atoms with Crippen molar-refractivity contribution in [1.29, 1.82) is 0 Å². The second-order valence-electron chi connectivity index (χ2n) is 5.76. The Morgan fingerprint density at radius 1 is 0.812 bits per heavy atom. The molecule has 3 aliphatic carbocycles. The Morgan fingerprint density at radius 3 is 1.69 bits per heavy atom. The normalized spacial score (nSPS) is 52.2. The zero-order valence-electron chi connectivity index (χ0n) is 9.37. The van der Waals surface area contributed by atoms with E-state index < -0.39 is 0 Å². The van der Waals surface area contributed by atoms with Crippen molar-refractivity contribution in [3.05, 3.63) is 0 Å². The van der Waals surface area contributed by atoms with E-state index in [2.05, 4.69) is 31.9 Å². The van der Waals surface area contributed by atoms with Crippen LogP contribution in [-0.4, -0.2) is 15.4 Å². The van der Waals surface area contributed by atoms with Gasteiger partial charge in [0.1, 0.15) is 5.78 Å². The molecule has 0 N–H and O–H groups in total. The van der Waals surface area contributed by atoms with Gasteiger partial charge in [0.15, 0.2) is 0 Å². The highest BCUT2D eigenvalue weighted by molar-refractivity contribution is 9.09. The van der Waals surface area contributed by atoms with Crippen molar-refractivity contribution in [1.82, 2.24) is 0 Å². The first-order valence-electron chi connectivity index (χ1n) is 6.48. The predicted octanol–water partition coefficient (Wildman–Crippen LogP) is 3.93. The quantitative estimate of drug-likeness (QED) is 0.605. The first-order chi connectivity index (χ1) is 7.66. The molecular weight excluding hydrogens is 332 g/mol. The molecule has 3 heteroatoms. The van der Waals surface area contributed by atoms with Crippen LogP contribution < -0.4 is 0 Å². The first kappa shape index (κ1) is 11.7. The van der Waals surface area contributed by atoms with E-state index in [9.17, 15) is 4.79 Å². The summed E-state index contributed by atoms with van der Waals surface area (Å²) in [6.07, 6.45) is 7.30. The van der Waals surface area contributed by atoms with E-state index in [-0.39, 0.29) is 0 Å². The lowest BCUT2D eigenvalue weighted by Crippen LogP contribution is -2.28. The number of Topliss-reactive ketones (excluding diaryl/α,β-unsaturated/α-hetero) is 1. The van der Waals surface area contributed by atoms with Crippen LogP contribution in [0.4, 0.5) is 0 Å². The highest BCUT2D eigenvalue weighted by atomic mass is 79.9. The summed E-state index contributed by atoms with van der Waals surface area (Å²) in [4.78, 5) is 13.6. The minimum atomic E-state index is 0.394. The minimum absolute atomic E-state index is 0.394. The number of carbonyl (C=O) groups is 1. The van der Waals surface area contributed by atoms with Gasteiger partial charge in [-0.15, -0.1) is 0 Å². The van der Waals surface area contributed by atoms with Crippen molar-refractivity contribution >= 4 is 37.6 Å². The van der Waals surface area contributed by atoms with Gasteiger partial charge >= 0.3 is 0 Å². The number of alkyl halides is 2. The highest BCUT2D eigenvalue weighted by Crippen LogP contribution is 2.53. The third-order valence-corrected chi connectivity index (χ3v) is 6.62. The average molecular weight is 350 g/mol. The van der Waals surface area contributed by atoms with Crippen LogP contribution in [0.25, 0.3) is 0 Å². The summed E-state index contributed by atoms with van der Waals surface area (Å²) >= 11 is 7.40. The minimum Gasteiger partial charge on any atom is -0.299 e. The molecule has 6 atom stereocenters.